The van der Waals surface area contributed by atoms with E-state index in [2.05, 4.69) is 26.1 Å². The maximum Gasteiger partial charge on any atom is 0.346 e. The average molecular weight is 291 g/mol. The number of hydrogen-bond donors (Lipinski definition) is 2. The van der Waals surface area contributed by atoms with Gasteiger partial charge in [0.1, 0.15) is 4.88 Å². The fraction of sp³-hybridized carbons (Fsp3) is 0.438. The Morgan fingerprint density at radius 3 is 2.70 bits per heavy atom. The van der Waals surface area contributed by atoms with Gasteiger partial charge in [-0.05, 0) is 29.9 Å². The van der Waals surface area contributed by atoms with Crippen LogP contribution in [0.2, 0.25) is 0 Å². The number of carboxylic acids is 1. The highest BCUT2D eigenvalue weighted by molar-refractivity contribution is 7.21. The van der Waals surface area contributed by atoms with Crippen molar-refractivity contribution in [2.45, 2.75) is 39.8 Å². The molecule has 3 nitrogen and oxygen atoms in total. The second-order valence-corrected chi connectivity index (χ2v) is 6.32. The van der Waals surface area contributed by atoms with Gasteiger partial charge in [0.05, 0.1) is 0 Å². The molecule has 0 aliphatic carbocycles. The van der Waals surface area contributed by atoms with Crippen molar-refractivity contribution < 1.29 is 9.90 Å². The number of nitrogens with one attached hydrogen (secondary N) is 1. The highest BCUT2D eigenvalue weighted by atomic mass is 32.1. The van der Waals surface area contributed by atoms with Gasteiger partial charge >= 0.3 is 5.97 Å². The van der Waals surface area contributed by atoms with Gasteiger partial charge in [0, 0.05) is 17.3 Å². The van der Waals surface area contributed by atoms with Crippen LogP contribution < -0.4 is 5.32 Å². The zero-order valence-corrected chi connectivity index (χ0v) is 13.0. The quantitative estimate of drug-likeness (QED) is 0.841. The molecular weight excluding hydrogens is 270 g/mol. The van der Waals surface area contributed by atoms with Gasteiger partial charge in [0.25, 0.3) is 0 Å². The molecule has 0 spiro atoms. The fourth-order valence-corrected chi connectivity index (χ4v) is 3.33. The number of benzene rings is 1. The minimum absolute atomic E-state index is 0.375. The molecule has 1 aromatic carbocycles. The van der Waals surface area contributed by atoms with Crippen molar-refractivity contribution in [3.63, 3.8) is 0 Å². The molecule has 0 saturated carbocycles. The van der Waals surface area contributed by atoms with Crippen LogP contribution in [0.5, 0.6) is 0 Å². The predicted octanol–water partition coefficient (Wildman–Crippen LogP) is 4.12. The Kier molecular flexibility index (Phi) is 4.78. The molecule has 0 amide bonds. The lowest BCUT2D eigenvalue weighted by molar-refractivity contribution is 0.0701. The molecule has 2 N–H and O–H groups in total. The van der Waals surface area contributed by atoms with Crippen molar-refractivity contribution in [3.8, 4) is 0 Å². The van der Waals surface area contributed by atoms with Crippen molar-refractivity contribution in [1.29, 1.82) is 0 Å². The average Bonchev–Trinajstić information content (AvgIpc) is 2.82. The largest absolute Gasteiger partial charge is 0.477 e. The Balaban J connectivity index is 2.28. The van der Waals surface area contributed by atoms with Crippen molar-refractivity contribution in [2.24, 2.45) is 5.92 Å². The summed E-state index contributed by atoms with van der Waals surface area (Å²) >= 11 is 1.36. The van der Waals surface area contributed by atoms with Gasteiger partial charge in [0.15, 0.2) is 0 Å². The van der Waals surface area contributed by atoms with Crippen LogP contribution in [0.25, 0.3) is 10.1 Å². The van der Waals surface area contributed by atoms with E-state index in [1.54, 1.807) is 0 Å². The van der Waals surface area contributed by atoms with Crippen molar-refractivity contribution >= 4 is 27.4 Å². The Hall–Kier alpha value is -1.39. The summed E-state index contributed by atoms with van der Waals surface area (Å²) in [7, 11) is 0. The predicted molar refractivity (Wildman–Crippen MR) is 84.5 cm³/mol. The third kappa shape index (κ3) is 3.02. The zero-order valence-electron chi connectivity index (χ0n) is 12.1. The van der Waals surface area contributed by atoms with Gasteiger partial charge in [-0.15, -0.1) is 11.3 Å². The highest BCUT2D eigenvalue weighted by Crippen LogP contribution is 2.31. The van der Waals surface area contributed by atoms with Crippen molar-refractivity contribution in [2.75, 3.05) is 0 Å². The number of carbonyl (C=O) groups is 1. The summed E-state index contributed by atoms with van der Waals surface area (Å²) in [6.45, 7) is 7.15. The summed E-state index contributed by atoms with van der Waals surface area (Å²) in [5, 5.41) is 13.9. The lowest BCUT2D eigenvalue weighted by Gasteiger charge is -2.20. The van der Waals surface area contributed by atoms with Crippen LogP contribution in [0.4, 0.5) is 0 Å². The molecule has 0 aliphatic heterocycles. The van der Waals surface area contributed by atoms with E-state index in [0.29, 0.717) is 23.4 Å². The molecule has 4 heteroatoms. The summed E-state index contributed by atoms with van der Waals surface area (Å²) in [6.07, 6.45) is 1.12. The van der Waals surface area contributed by atoms with Gasteiger partial charge < -0.3 is 10.4 Å². The first-order chi connectivity index (χ1) is 9.54. The number of rotatable bonds is 6. The van der Waals surface area contributed by atoms with E-state index in [0.717, 1.165) is 22.1 Å². The summed E-state index contributed by atoms with van der Waals surface area (Å²) in [5.74, 6) is -0.257. The van der Waals surface area contributed by atoms with E-state index in [9.17, 15) is 9.90 Å². The van der Waals surface area contributed by atoms with E-state index in [1.165, 1.54) is 11.3 Å². The Bertz CT molecular complexity index is 606. The molecule has 2 aromatic rings. The number of aromatic carboxylic acids is 1. The SMILES string of the molecule is CCC(C)C(C)NCc1c(C(=O)O)sc2ccccc12. The smallest absolute Gasteiger partial charge is 0.346 e. The summed E-state index contributed by atoms with van der Waals surface area (Å²) in [5.41, 5.74) is 0.910. The van der Waals surface area contributed by atoms with Crippen LogP contribution in [0, 0.1) is 5.92 Å². The molecule has 2 rings (SSSR count). The highest BCUT2D eigenvalue weighted by Gasteiger charge is 2.18. The van der Waals surface area contributed by atoms with Crippen LogP contribution in [0.3, 0.4) is 0 Å². The molecule has 0 fully saturated rings. The van der Waals surface area contributed by atoms with Gasteiger partial charge in [0.2, 0.25) is 0 Å². The van der Waals surface area contributed by atoms with E-state index >= 15 is 0 Å². The molecule has 0 radical (unpaired) electrons. The first-order valence-corrected chi connectivity index (χ1v) is 7.83. The maximum atomic E-state index is 11.4. The van der Waals surface area contributed by atoms with Crippen molar-refractivity contribution in [3.05, 3.63) is 34.7 Å². The Labute approximate surface area is 123 Å². The van der Waals surface area contributed by atoms with Gasteiger partial charge in [-0.2, -0.15) is 0 Å². The maximum absolute atomic E-state index is 11.4. The van der Waals surface area contributed by atoms with E-state index < -0.39 is 5.97 Å². The molecule has 0 aliphatic rings. The molecule has 20 heavy (non-hydrogen) atoms. The minimum atomic E-state index is -0.834. The molecule has 2 atom stereocenters. The van der Waals surface area contributed by atoms with Crippen molar-refractivity contribution in [1.82, 2.24) is 5.32 Å². The number of fused-ring (bicyclic) bond motifs is 1. The lowest BCUT2D eigenvalue weighted by Crippen LogP contribution is -2.31. The van der Waals surface area contributed by atoms with Crippen LogP contribution in [-0.2, 0) is 6.54 Å². The van der Waals surface area contributed by atoms with Gasteiger partial charge in [-0.25, -0.2) is 4.79 Å². The van der Waals surface area contributed by atoms with Crippen LogP contribution in [0.1, 0.15) is 42.4 Å². The van der Waals surface area contributed by atoms with Crippen LogP contribution >= 0.6 is 11.3 Å². The Morgan fingerprint density at radius 2 is 2.05 bits per heavy atom. The summed E-state index contributed by atoms with van der Waals surface area (Å²) < 4.78 is 1.04. The van der Waals surface area contributed by atoms with Gasteiger partial charge in [-0.1, -0.05) is 38.5 Å². The molecular formula is C16H21NO2S. The minimum Gasteiger partial charge on any atom is -0.477 e. The summed E-state index contributed by atoms with van der Waals surface area (Å²) in [6, 6.07) is 8.27. The fourth-order valence-electron chi connectivity index (χ4n) is 2.26. The number of hydrogen-bond acceptors (Lipinski definition) is 3. The number of thiophene rings is 1. The standard InChI is InChI=1S/C16H21NO2S/c1-4-10(2)11(3)17-9-13-12-7-5-6-8-14(12)20-15(13)16(18)19/h5-8,10-11,17H,4,9H2,1-3H3,(H,18,19). The Morgan fingerprint density at radius 1 is 1.35 bits per heavy atom. The third-order valence-electron chi connectivity index (χ3n) is 3.99. The zero-order chi connectivity index (χ0) is 14.7. The molecule has 1 heterocycles. The van der Waals surface area contributed by atoms with E-state index in [1.807, 2.05) is 24.3 Å². The number of carboxylic acid groups (broad SMARTS) is 1. The van der Waals surface area contributed by atoms with Crippen LogP contribution in [-0.4, -0.2) is 17.1 Å². The second kappa shape index (κ2) is 6.37. The molecule has 108 valence electrons. The molecule has 1 aromatic heterocycles. The van der Waals surface area contributed by atoms with Crippen LogP contribution in [0.15, 0.2) is 24.3 Å². The monoisotopic (exact) mass is 291 g/mol. The lowest BCUT2D eigenvalue weighted by atomic mass is 10.0. The molecule has 0 bridgehead atoms. The van der Waals surface area contributed by atoms with E-state index in [-0.39, 0.29) is 0 Å². The normalized spacial score (nSPS) is 14.3. The topological polar surface area (TPSA) is 49.3 Å². The second-order valence-electron chi connectivity index (χ2n) is 5.27. The van der Waals surface area contributed by atoms with E-state index in [4.69, 9.17) is 0 Å². The third-order valence-corrected chi connectivity index (χ3v) is 5.19. The molecule has 0 saturated heterocycles. The first kappa shape index (κ1) is 15.0. The summed E-state index contributed by atoms with van der Waals surface area (Å²) in [4.78, 5) is 11.9. The molecule has 2 unspecified atom stereocenters. The van der Waals surface area contributed by atoms with Gasteiger partial charge in [-0.3, -0.25) is 0 Å². The first-order valence-electron chi connectivity index (χ1n) is 7.01.